The number of halogens is 3. The van der Waals surface area contributed by atoms with Gasteiger partial charge in [-0.3, -0.25) is 4.79 Å². The quantitative estimate of drug-likeness (QED) is 0.136. The predicted octanol–water partition coefficient (Wildman–Crippen LogP) is 7.81. The largest absolute Gasteiger partial charge is 0.417 e. The first-order valence-corrected chi connectivity index (χ1v) is 14.8. The molecule has 4 aromatic rings. The Morgan fingerprint density at radius 2 is 1.61 bits per heavy atom. The van der Waals surface area contributed by atoms with Gasteiger partial charge in [-0.1, -0.05) is 69.4 Å². The van der Waals surface area contributed by atoms with Gasteiger partial charge >= 0.3 is 6.18 Å². The van der Waals surface area contributed by atoms with Crippen molar-refractivity contribution in [2.24, 2.45) is 0 Å². The first-order chi connectivity index (χ1) is 19.6. The van der Waals surface area contributed by atoms with Crippen LogP contribution in [-0.4, -0.2) is 27.2 Å². The van der Waals surface area contributed by atoms with Gasteiger partial charge in [0.1, 0.15) is 0 Å². The van der Waals surface area contributed by atoms with E-state index in [-0.39, 0.29) is 16.9 Å². The lowest BCUT2D eigenvalue weighted by atomic mass is 10.0. The van der Waals surface area contributed by atoms with Crippen molar-refractivity contribution in [3.63, 3.8) is 0 Å². The Labute approximate surface area is 239 Å². The number of aliphatic hydroxyl groups is 1. The molecule has 8 heteroatoms. The van der Waals surface area contributed by atoms with Gasteiger partial charge < -0.3 is 20.0 Å². The molecule has 0 saturated heterocycles. The maximum atomic E-state index is 13.9. The molecule has 0 bridgehead atoms. The molecule has 0 aliphatic rings. The molecule has 0 aliphatic heterocycles. The fraction of sp³-hybridized carbons (Fsp3) is 0.485. The highest BCUT2D eigenvalue weighted by molar-refractivity contribution is 6.09. The SMILES string of the molecule is CCc1c(C)c2c3c(C(F)(F)F)cc(=O)[nH]c3ccc2n1CCCCCCCCCN[C@@H](C)[C@@H](O)c1ccccc1. The Bertz CT molecular complexity index is 1490. The highest BCUT2D eigenvalue weighted by Crippen LogP contribution is 2.39. The van der Waals surface area contributed by atoms with Gasteiger partial charge in [0.2, 0.25) is 5.56 Å². The van der Waals surface area contributed by atoms with E-state index < -0.39 is 23.4 Å². The molecule has 4 rings (SSSR count). The lowest BCUT2D eigenvalue weighted by molar-refractivity contribution is -0.136. The van der Waals surface area contributed by atoms with Crippen LogP contribution in [0, 0.1) is 6.92 Å². The van der Waals surface area contributed by atoms with Crippen LogP contribution in [0.1, 0.15) is 87.3 Å². The van der Waals surface area contributed by atoms with Crippen molar-refractivity contribution in [3.8, 4) is 0 Å². The number of benzene rings is 2. The lowest BCUT2D eigenvalue weighted by Crippen LogP contribution is -2.32. The first-order valence-electron chi connectivity index (χ1n) is 14.8. The van der Waals surface area contributed by atoms with Crippen molar-refractivity contribution in [1.29, 1.82) is 0 Å². The van der Waals surface area contributed by atoms with Crippen LogP contribution in [0.3, 0.4) is 0 Å². The highest BCUT2D eigenvalue weighted by Gasteiger charge is 2.34. The minimum atomic E-state index is -4.61. The van der Waals surface area contributed by atoms with Crippen LogP contribution in [-0.2, 0) is 19.1 Å². The first kappa shape index (κ1) is 30.8. The van der Waals surface area contributed by atoms with E-state index in [4.69, 9.17) is 0 Å². The molecule has 0 unspecified atom stereocenters. The van der Waals surface area contributed by atoms with Crippen LogP contribution in [0.5, 0.6) is 0 Å². The summed E-state index contributed by atoms with van der Waals surface area (Å²) < 4.78 is 43.9. The molecule has 2 atom stereocenters. The third-order valence-corrected chi connectivity index (χ3v) is 8.19. The van der Waals surface area contributed by atoms with E-state index >= 15 is 0 Å². The van der Waals surface area contributed by atoms with Crippen LogP contribution in [0.25, 0.3) is 21.8 Å². The number of hydrogen-bond donors (Lipinski definition) is 3. The van der Waals surface area contributed by atoms with Crippen molar-refractivity contribution in [1.82, 2.24) is 14.9 Å². The minimum Gasteiger partial charge on any atom is -0.387 e. The van der Waals surface area contributed by atoms with E-state index in [1.165, 1.54) is 0 Å². The summed E-state index contributed by atoms with van der Waals surface area (Å²) in [6, 6.07) is 13.8. The summed E-state index contributed by atoms with van der Waals surface area (Å²) in [6.07, 6.45) is 3.27. The van der Waals surface area contributed by atoms with Crippen LogP contribution in [0.2, 0.25) is 0 Å². The molecule has 0 aliphatic carbocycles. The fourth-order valence-corrected chi connectivity index (χ4v) is 6.04. The molecule has 0 saturated carbocycles. The molecule has 3 N–H and O–H groups in total. The number of H-pyrrole nitrogens is 1. The van der Waals surface area contributed by atoms with Gasteiger partial charge in [0.25, 0.3) is 0 Å². The molecule has 2 aromatic heterocycles. The van der Waals surface area contributed by atoms with Gasteiger partial charge in [0, 0.05) is 46.2 Å². The maximum absolute atomic E-state index is 13.9. The second-order valence-electron chi connectivity index (χ2n) is 11.1. The van der Waals surface area contributed by atoms with Crippen molar-refractivity contribution in [2.45, 2.75) is 97.0 Å². The number of nitrogens with zero attached hydrogens (tertiary/aromatic N) is 1. The average Bonchev–Trinajstić information content (AvgIpc) is 3.23. The van der Waals surface area contributed by atoms with E-state index in [9.17, 15) is 23.1 Å². The number of fused-ring (bicyclic) bond motifs is 3. The van der Waals surface area contributed by atoms with Gasteiger partial charge in [0.15, 0.2) is 0 Å². The summed E-state index contributed by atoms with van der Waals surface area (Å²) in [4.78, 5) is 14.5. The Kier molecular flexibility index (Phi) is 10.3. The monoisotopic (exact) mass is 569 g/mol. The molecule has 2 aromatic carbocycles. The molecule has 0 fully saturated rings. The van der Waals surface area contributed by atoms with Crippen molar-refractivity contribution < 1.29 is 18.3 Å². The number of aryl methyl sites for hydroxylation is 2. The Morgan fingerprint density at radius 3 is 2.27 bits per heavy atom. The minimum absolute atomic E-state index is 0.000791. The normalized spacial score (nSPS) is 13.7. The summed E-state index contributed by atoms with van der Waals surface area (Å²) in [5, 5.41) is 14.6. The van der Waals surface area contributed by atoms with Crippen molar-refractivity contribution >= 4 is 21.8 Å². The van der Waals surface area contributed by atoms with E-state index in [2.05, 4.69) is 14.9 Å². The predicted molar refractivity (Wildman–Crippen MR) is 160 cm³/mol. The Hall–Kier alpha value is -3.10. The fourth-order valence-electron chi connectivity index (χ4n) is 6.04. The van der Waals surface area contributed by atoms with Gasteiger partial charge in [-0.2, -0.15) is 13.2 Å². The Balaban J connectivity index is 1.27. The third-order valence-electron chi connectivity index (χ3n) is 8.19. The smallest absolute Gasteiger partial charge is 0.387 e. The van der Waals surface area contributed by atoms with Crippen LogP contribution >= 0.6 is 0 Å². The summed E-state index contributed by atoms with van der Waals surface area (Å²) in [5.74, 6) is 0. The van der Waals surface area contributed by atoms with E-state index in [0.717, 1.165) is 86.8 Å². The number of unbranched alkanes of at least 4 members (excludes halogenated alkanes) is 6. The molecular formula is C33H42F3N3O2. The van der Waals surface area contributed by atoms with Crippen molar-refractivity contribution in [2.75, 3.05) is 6.54 Å². The van der Waals surface area contributed by atoms with Gasteiger partial charge in [0.05, 0.1) is 11.7 Å². The number of rotatable bonds is 14. The molecule has 0 spiro atoms. The standard InChI is InChI=1S/C33H42F3N3O2/c1-4-27-22(2)30-28(18-17-26-31(30)25(33(34,35)36)21-29(40)38-26)39(27)20-14-9-7-5-6-8-13-19-37-23(3)32(41)24-15-11-10-12-16-24/h10-12,15-18,21,23,32,37,41H,4-9,13-14,19-20H2,1-3H3,(H,38,40)/t23-,32+/m0/s1. The second kappa shape index (κ2) is 13.7. The van der Waals surface area contributed by atoms with E-state index in [1.807, 2.05) is 57.2 Å². The molecular weight excluding hydrogens is 527 g/mol. The third kappa shape index (κ3) is 7.22. The summed E-state index contributed by atoms with van der Waals surface area (Å²) in [7, 11) is 0. The average molecular weight is 570 g/mol. The number of aromatic nitrogens is 2. The maximum Gasteiger partial charge on any atom is 0.417 e. The molecule has 2 heterocycles. The van der Waals surface area contributed by atoms with Crippen LogP contribution in [0.4, 0.5) is 13.2 Å². The van der Waals surface area contributed by atoms with Crippen LogP contribution in [0.15, 0.2) is 53.3 Å². The molecule has 0 radical (unpaired) electrons. The molecule has 222 valence electrons. The Morgan fingerprint density at radius 1 is 0.951 bits per heavy atom. The zero-order valence-electron chi connectivity index (χ0n) is 24.3. The number of alkyl halides is 3. The molecule has 5 nitrogen and oxygen atoms in total. The van der Waals surface area contributed by atoms with Crippen molar-refractivity contribution in [3.05, 3.63) is 81.3 Å². The lowest BCUT2D eigenvalue weighted by Gasteiger charge is -2.20. The van der Waals surface area contributed by atoms with E-state index in [1.54, 1.807) is 6.07 Å². The number of hydrogen-bond acceptors (Lipinski definition) is 3. The molecule has 0 amide bonds. The molecule has 41 heavy (non-hydrogen) atoms. The van der Waals surface area contributed by atoms with Gasteiger partial charge in [-0.15, -0.1) is 0 Å². The van der Waals surface area contributed by atoms with Gasteiger partial charge in [-0.05, 0) is 62.9 Å². The highest BCUT2D eigenvalue weighted by atomic mass is 19.4. The zero-order chi connectivity index (χ0) is 29.6. The van der Waals surface area contributed by atoms with Crippen LogP contribution < -0.4 is 10.9 Å². The number of aliphatic hydroxyl groups excluding tert-OH is 1. The zero-order valence-corrected chi connectivity index (χ0v) is 24.3. The topological polar surface area (TPSA) is 70.0 Å². The summed E-state index contributed by atoms with van der Waals surface area (Å²) in [6.45, 7) is 7.57. The summed E-state index contributed by atoms with van der Waals surface area (Å²) in [5.41, 5.74) is 2.22. The van der Waals surface area contributed by atoms with E-state index in [0.29, 0.717) is 11.5 Å². The number of pyridine rings is 1. The second-order valence-corrected chi connectivity index (χ2v) is 11.1. The van der Waals surface area contributed by atoms with Gasteiger partial charge in [-0.25, -0.2) is 0 Å². The number of aromatic amines is 1. The summed E-state index contributed by atoms with van der Waals surface area (Å²) >= 11 is 0. The number of nitrogens with one attached hydrogen (secondary N) is 2.